The van der Waals surface area contributed by atoms with Gasteiger partial charge in [0.15, 0.2) is 0 Å². The molecular weight excluding hydrogens is 234 g/mol. The first-order chi connectivity index (χ1) is 8.16. The summed E-state index contributed by atoms with van der Waals surface area (Å²) in [6.07, 6.45) is 1.42. The van der Waals surface area contributed by atoms with Gasteiger partial charge < -0.3 is 0 Å². The first-order valence-electron chi connectivity index (χ1n) is 5.35. The number of rotatable bonds is 3. The minimum atomic E-state index is -0.156. The lowest BCUT2D eigenvalue weighted by Crippen LogP contribution is -2.11. The molecule has 0 aliphatic carbocycles. The lowest BCUT2D eigenvalue weighted by molar-refractivity contribution is 0.102. The van der Waals surface area contributed by atoms with Crippen molar-refractivity contribution < 1.29 is 4.79 Å². The number of nitrogens with one attached hydrogen (secondary N) is 1. The summed E-state index contributed by atoms with van der Waals surface area (Å²) in [5.41, 5.74) is 1.85. The number of carbonyl (C=O) groups excluding carboxylic acids is 1. The number of anilines is 1. The number of nitrogens with zero attached hydrogens (tertiary/aromatic N) is 2. The van der Waals surface area contributed by atoms with Crippen LogP contribution in [0.3, 0.4) is 0 Å². The van der Waals surface area contributed by atoms with Crippen LogP contribution in [0.4, 0.5) is 5.13 Å². The lowest BCUT2D eigenvalue weighted by atomic mass is 10.0. The maximum Gasteiger partial charge on any atom is 0.257 e. The van der Waals surface area contributed by atoms with E-state index in [4.69, 9.17) is 0 Å². The van der Waals surface area contributed by atoms with Gasteiger partial charge in [0.1, 0.15) is 6.33 Å². The summed E-state index contributed by atoms with van der Waals surface area (Å²) in [5.74, 6) is 0.312. The fraction of sp³-hybridized carbons (Fsp3) is 0.250. The predicted octanol–water partition coefficient (Wildman–Crippen LogP) is 2.91. The molecule has 4 nitrogen and oxygen atoms in total. The van der Waals surface area contributed by atoms with Crippen LogP contribution < -0.4 is 5.32 Å². The molecule has 0 atom stereocenters. The van der Waals surface area contributed by atoms with Crippen LogP contribution in [0.2, 0.25) is 0 Å². The van der Waals surface area contributed by atoms with Crippen molar-refractivity contribution in [1.29, 1.82) is 0 Å². The van der Waals surface area contributed by atoms with Crippen molar-refractivity contribution >= 4 is 22.6 Å². The summed E-state index contributed by atoms with van der Waals surface area (Å²) in [5, 5.41) is 3.21. The highest BCUT2D eigenvalue weighted by Gasteiger charge is 2.08. The number of amides is 1. The molecule has 88 valence electrons. The first kappa shape index (κ1) is 11.7. The van der Waals surface area contributed by atoms with Crippen molar-refractivity contribution in [3.63, 3.8) is 0 Å². The van der Waals surface area contributed by atoms with Crippen LogP contribution in [0.15, 0.2) is 30.6 Å². The molecule has 0 aliphatic rings. The van der Waals surface area contributed by atoms with Crippen LogP contribution in [0.1, 0.15) is 35.7 Å². The summed E-state index contributed by atoms with van der Waals surface area (Å²) in [7, 11) is 0. The molecule has 0 saturated carbocycles. The summed E-state index contributed by atoms with van der Waals surface area (Å²) >= 11 is 1.16. The Morgan fingerprint density at radius 3 is 2.53 bits per heavy atom. The zero-order chi connectivity index (χ0) is 12.3. The molecule has 0 bridgehead atoms. The van der Waals surface area contributed by atoms with E-state index < -0.39 is 0 Å². The zero-order valence-corrected chi connectivity index (χ0v) is 10.5. The van der Waals surface area contributed by atoms with Crippen molar-refractivity contribution in [2.45, 2.75) is 19.8 Å². The third-order valence-electron chi connectivity index (χ3n) is 2.42. The third kappa shape index (κ3) is 2.88. The van der Waals surface area contributed by atoms with Crippen LogP contribution in [-0.2, 0) is 0 Å². The van der Waals surface area contributed by atoms with Crippen molar-refractivity contribution in [2.75, 3.05) is 5.32 Å². The van der Waals surface area contributed by atoms with E-state index in [2.05, 4.69) is 28.5 Å². The summed E-state index contributed by atoms with van der Waals surface area (Å²) in [6.45, 7) is 4.24. The second-order valence-corrected chi connectivity index (χ2v) is 4.76. The number of carbonyl (C=O) groups is 1. The van der Waals surface area contributed by atoms with Gasteiger partial charge in [0.05, 0.1) is 0 Å². The molecule has 1 aromatic carbocycles. The highest BCUT2D eigenvalue weighted by atomic mass is 32.1. The molecule has 1 heterocycles. The topological polar surface area (TPSA) is 54.9 Å². The van der Waals surface area contributed by atoms with Gasteiger partial charge in [-0.2, -0.15) is 4.37 Å². The molecule has 0 radical (unpaired) electrons. The molecule has 0 aliphatic heterocycles. The fourth-order valence-electron chi connectivity index (χ4n) is 1.42. The zero-order valence-electron chi connectivity index (χ0n) is 9.68. The van der Waals surface area contributed by atoms with E-state index >= 15 is 0 Å². The Labute approximate surface area is 104 Å². The van der Waals surface area contributed by atoms with Crippen LogP contribution in [0.25, 0.3) is 0 Å². The van der Waals surface area contributed by atoms with Gasteiger partial charge in [-0.25, -0.2) is 4.98 Å². The minimum absolute atomic E-state index is 0.156. The van der Waals surface area contributed by atoms with Gasteiger partial charge in [0, 0.05) is 17.1 Å². The van der Waals surface area contributed by atoms with E-state index in [0.717, 1.165) is 11.5 Å². The summed E-state index contributed by atoms with van der Waals surface area (Å²) in [6, 6.07) is 7.59. The van der Waals surface area contributed by atoms with Crippen molar-refractivity contribution in [3.8, 4) is 0 Å². The number of hydrogen-bond acceptors (Lipinski definition) is 4. The highest BCUT2D eigenvalue weighted by molar-refractivity contribution is 7.09. The average molecular weight is 247 g/mol. The Morgan fingerprint density at radius 1 is 1.29 bits per heavy atom. The third-order valence-corrected chi connectivity index (χ3v) is 3.00. The van der Waals surface area contributed by atoms with Crippen molar-refractivity contribution in [2.24, 2.45) is 0 Å². The SMILES string of the molecule is CC(C)c1ccc(C(=O)Nc2ncns2)cc1. The van der Waals surface area contributed by atoms with Gasteiger partial charge in [0.25, 0.3) is 5.91 Å². The second kappa shape index (κ2) is 5.05. The Bertz CT molecular complexity index is 491. The van der Waals surface area contributed by atoms with E-state index in [9.17, 15) is 4.79 Å². The molecule has 17 heavy (non-hydrogen) atoms. The van der Waals surface area contributed by atoms with Gasteiger partial charge >= 0.3 is 0 Å². The molecular formula is C12H13N3OS. The van der Waals surface area contributed by atoms with Gasteiger partial charge in [-0.05, 0) is 23.6 Å². The van der Waals surface area contributed by atoms with Crippen LogP contribution >= 0.6 is 11.5 Å². The Morgan fingerprint density at radius 2 is 2.00 bits per heavy atom. The van der Waals surface area contributed by atoms with Gasteiger partial charge in [-0.3, -0.25) is 10.1 Å². The fourth-order valence-corrected chi connectivity index (χ4v) is 1.84. The monoisotopic (exact) mass is 247 g/mol. The quantitative estimate of drug-likeness (QED) is 0.907. The van der Waals surface area contributed by atoms with E-state index in [1.165, 1.54) is 11.9 Å². The largest absolute Gasteiger partial charge is 0.297 e. The number of hydrogen-bond donors (Lipinski definition) is 1. The lowest BCUT2D eigenvalue weighted by Gasteiger charge is -2.06. The van der Waals surface area contributed by atoms with Crippen LogP contribution in [0, 0.1) is 0 Å². The van der Waals surface area contributed by atoms with Gasteiger partial charge in [-0.1, -0.05) is 26.0 Å². The molecule has 0 spiro atoms. The van der Waals surface area contributed by atoms with E-state index in [1.807, 2.05) is 24.3 Å². The van der Waals surface area contributed by atoms with E-state index in [-0.39, 0.29) is 5.91 Å². The molecule has 1 N–H and O–H groups in total. The van der Waals surface area contributed by atoms with Gasteiger partial charge in [0.2, 0.25) is 5.13 Å². The van der Waals surface area contributed by atoms with Crippen LogP contribution in [-0.4, -0.2) is 15.3 Å². The molecule has 2 aromatic rings. The molecule has 1 amide bonds. The molecule has 0 saturated heterocycles. The molecule has 2 rings (SSSR count). The highest BCUT2D eigenvalue weighted by Crippen LogP contribution is 2.15. The van der Waals surface area contributed by atoms with E-state index in [1.54, 1.807) is 0 Å². The van der Waals surface area contributed by atoms with E-state index in [0.29, 0.717) is 16.6 Å². The molecule has 0 fully saturated rings. The predicted molar refractivity (Wildman–Crippen MR) is 68.4 cm³/mol. The standard InChI is InChI=1S/C12H13N3OS/c1-8(2)9-3-5-10(6-4-9)11(16)15-12-13-7-14-17-12/h3-8H,1-2H3,(H,13,14,15,16). The minimum Gasteiger partial charge on any atom is -0.297 e. The molecule has 1 aromatic heterocycles. The molecule has 0 unspecified atom stereocenters. The summed E-state index contributed by atoms with van der Waals surface area (Å²) < 4.78 is 3.82. The molecule has 5 heteroatoms. The normalized spacial score (nSPS) is 10.5. The van der Waals surface area contributed by atoms with Crippen molar-refractivity contribution in [3.05, 3.63) is 41.7 Å². The van der Waals surface area contributed by atoms with Gasteiger partial charge in [-0.15, -0.1) is 0 Å². The maximum atomic E-state index is 11.8. The first-order valence-corrected chi connectivity index (χ1v) is 6.12. The Kier molecular flexibility index (Phi) is 3.49. The average Bonchev–Trinajstić information content (AvgIpc) is 2.82. The second-order valence-electron chi connectivity index (χ2n) is 3.98. The number of benzene rings is 1. The number of aromatic nitrogens is 2. The maximum absolute atomic E-state index is 11.8. The smallest absolute Gasteiger partial charge is 0.257 e. The van der Waals surface area contributed by atoms with Crippen LogP contribution in [0.5, 0.6) is 0 Å². The Balaban J connectivity index is 2.09. The van der Waals surface area contributed by atoms with Crippen molar-refractivity contribution in [1.82, 2.24) is 9.36 Å². The summed E-state index contributed by atoms with van der Waals surface area (Å²) in [4.78, 5) is 15.7. The Hall–Kier alpha value is -1.75.